The zero-order valence-corrected chi connectivity index (χ0v) is 16.0. The molecular weight excluding hydrogens is 405 g/mol. The van der Waals surface area contributed by atoms with E-state index in [1.165, 1.54) is 16.5 Å². The number of hydrogen-bond acceptors (Lipinski definition) is 3. The van der Waals surface area contributed by atoms with E-state index in [1.54, 1.807) is 47.3 Å². The second-order valence-corrected chi connectivity index (χ2v) is 7.12. The zero-order chi connectivity index (χ0) is 21.6. The fourth-order valence-corrected chi connectivity index (χ4v) is 3.72. The average molecular weight is 420 g/mol. The summed E-state index contributed by atoms with van der Waals surface area (Å²) in [6.07, 6.45) is -1.21. The maximum Gasteiger partial charge on any atom is 0.416 e. The fourth-order valence-electron chi connectivity index (χ4n) is 3.72. The number of imidazole rings is 1. The molecule has 0 radical (unpaired) electrons. The summed E-state index contributed by atoms with van der Waals surface area (Å²) < 4.78 is 42.8. The Morgan fingerprint density at radius 1 is 0.871 bits per heavy atom. The van der Waals surface area contributed by atoms with Gasteiger partial charge in [0, 0.05) is 24.0 Å². The highest BCUT2D eigenvalue weighted by atomic mass is 19.4. The van der Waals surface area contributed by atoms with Crippen molar-refractivity contribution >= 4 is 16.8 Å². The molecule has 3 heterocycles. The van der Waals surface area contributed by atoms with Crippen molar-refractivity contribution in [2.45, 2.75) is 12.7 Å². The molecule has 0 aliphatic carbocycles. The van der Waals surface area contributed by atoms with Crippen molar-refractivity contribution in [2.24, 2.45) is 0 Å². The minimum Gasteiger partial charge on any atom is -0.305 e. The maximum absolute atomic E-state index is 13.2. The van der Waals surface area contributed by atoms with Crippen LogP contribution in [0.15, 0.2) is 83.9 Å². The number of aromatic nitrogens is 4. The van der Waals surface area contributed by atoms with Crippen LogP contribution in [0.4, 0.5) is 13.2 Å². The lowest BCUT2D eigenvalue weighted by atomic mass is 10.1. The standard InChI is InChI=1S/C23H15F3N4O/c24-23(25,26)17-5-3-4-15(12-17)14-29-19-6-1-2-7-20(19)30-21(31)13-18(28-22(29)30)16-8-10-27-11-9-16/h1-13H,14H2. The van der Waals surface area contributed by atoms with Gasteiger partial charge in [-0.05, 0) is 42.0 Å². The van der Waals surface area contributed by atoms with Crippen molar-refractivity contribution < 1.29 is 13.2 Å². The molecule has 0 spiro atoms. The lowest BCUT2D eigenvalue weighted by molar-refractivity contribution is -0.137. The predicted octanol–water partition coefficient (Wildman–Crippen LogP) is 4.78. The largest absolute Gasteiger partial charge is 0.416 e. The van der Waals surface area contributed by atoms with Crippen LogP contribution in [0.25, 0.3) is 28.1 Å². The molecule has 5 rings (SSSR count). The highest BCUT2D eigenvalue weighted by Gasteiger charge is 2.30. The lowest BCUT2D eigenvalue weighted by Gasteiger charge is -2.11. The Balaban J connectivity index is 1.75. The second kappa shape index (κ2) is 7.09. The van der Waals surface area contributed by atoms with Crippen molar-refractivity contribution in [3.63, 3.8) is 0 Å². The molecule has 8 heteroatoms. The van der Waals surface area contributed by atoms with Crippen molar-refractivity contribution in [1.29, 1.82) is 0 Å². The fraction of sp³-hybridized carbons (Fsp3) is 0.0870. The molecule has 0 amide bonds. The Labute approximate surface area is 174 Å². The number of fused-ring (bicyclic) bond motifs is 3. The predicted molar refractivity (Wildman–Crippen MR) is 111 cm³/mol. The summed E-state index contributed by atoms with van der Waals surface area (Å²) in [6, 6.07) is 17.4. The number of nitrogens with zero attached hydrogens (tertiary/aromatic N) is 4. The molecule has 2 aromatic carbocycles. The summed E-state index contributed by atoms with van der Waals surface area (Å²) in [5.41, 5.74) is 2.02. The highest BCUT2D eigenvalue weighted by molar-refractivity contribution is 5.81. The van der Waals surface area contributed by atoms with Gasteiger partial charge in [0.2, 0.25) is 5.78 Å². The normalized spacial score (nSPS) is 12.0. The number of pyridine rings is 1. The molecular formula is C23H15F3N4O. The van der Waals surface area contributed by atoms with E-state index in [2.05, 4.69) is 9.97 Å². The van der Waals surface area contributed by atoms with E-state index in [1.807, 2.05) is 12.1 Å². The number of alkyl halides is 3. The van der Waals surface area contributed by atoms with E-state index in [0.29, 0.717) is 28.1 Å². The minimum atomic E-state index is -4.43. The Kier molecular flexibility index (Phi) is 4.35. The summed E-state index contributed by atoms with van der Waals surface area (Å²) in [7, 11) is 0. The SMILES string of the molecule is O=c1cc(-c2ccncc2)nc2n(Cc3cccc(C(F)(F)F)c3)c3ccccc3n12. The van der Waals surface area contributed by atoms with Gasteiger partial charge in [0.25, 0.3) is 5.56 Å². The lowest BCUT2D eigenvalue weighted by Crippen LogP contribution is -2.15. The summed E-state index contributed by atoms with van der Waals surface area (Å²) >= 11 is 0. The third-order valence-electron chi connectivity index (χ3n) is 5.13. The van der Waals surface area contributed by atoms with Crippen LogP contribution in [-0.2, 0) is 12.7 Å². The molecule has 5 nitrogen and oxygen atoms in total. The smallest absolute Gasteiger partial charge is 0.305 e. The Morgan fingerprint density at radius 2 is 1.61 bits per heavy atom. The highest BCUT2D eigenvalue weighted by Crippen LogP contribution is 2.30. The molecule has 5 aromatic rings. The van der Waals surface area contributed by atoms with E-state index in [9.17, 15) is 18.0 Å². The summed E-state index contributed by atoms with van der Waals surface area (Å²) in [4.78, 5) is 21.7. The molecule has 0 aliphatic rings. The number of benzene rings is 2. The molecule has 31 heavy (non-hydrogen) atoms. The molecule has 0 bridgehead atoms. The molecule has 0 fully saturated rings. The average Bonchev–Trinajstić information content (AvgIpc) is 3.08. The monoisotopic (exact) mass is 420 g/mol. The molecule has 0 N–H and O–H groups in total. The van der Waals surface area contributed by atoms with Crippen molar-refractivity contribution in [3.8, 4) is 11.3 Å². The first-order valence-corrected chi connectivity index (χ1v) is 9.49. The Hall–Kier alpha value is -3.94. The van der Waals surface area contributed by atoms with Gasteiger partial charge in [-0.1, -0.05) is 24.3 Å². The van der Waals surface area contributed by atoms with Crippen molar-refractivity contribution in [2.75, 3.05) is 0 Å². The first-order valence-electron chi connectivity index (χ1n) is 9.49. The van der Waals surface area contributed by atoms with E-state index in [4.69, 9.17) is 0 Å². The van der Waals surface area contributed by atoms with Gasteiger partial charge in [0.05, 0.1) is 28.8 Å². The third-order valence-corrected chi connectivity index (χ3v) is 5.13. The quantitative estimate of drug-likeness (QED) is 0.422. The number of halogens is 3. The molecule has 0 aliphatic heterocycles. The van der Waals surface area contributed by atoms with Gasteiger partial charge in [-0.2, -0.15) is 13.2 Å². The first-order chi connectivity index (χ1) is 14.9. The van der Waals surface area contributed by atoms with Crippen molar-refractivity contribution in [1.82, 2.24) is 18.9 Å². The van der Waals surface area contributed by atoms with Crippen LogP contribution in [0.1, 0.15) is 11.1 Å². The van der Waals surface area contributed by atoms with Crippen LogP contribution in [0.3, 0.4) is 0 Å². The van der Waals surface area contributed by atoms with E-state index in [0.717, 1.165) is 17.7 Å². The minimum absolute atomic E-state index is 0.132. The summed E-state index contributed by atoms with van der Waals surface area (Å²) in [5, 5.41) is 0. The number of rotatable bonds is 3. The topological polar surface area (TPSA) is 52.2 Å². The zero-order valence-electron chi connectivity index (χ0n) is 16.0. The van der Waals surface area contributed by atoms with Gasteiger partial charge in [0.15, 0.2) is 0 Å². The van der Waals surface area contributed by atoms with Gasteiger partial charge in [-0.3, -0.25) is 9.78 Å². The van der Waals surface area contributed by atoms with Gasteiger partial charge in [-0.25, -0.2) is 9.38 Å². The van der Waals surface area contributed by atoms with E-state index >= 15 is 0 Å². The van der Waals surface area contributed by atoms with Crippen LogP contribution in [0.2, 0.25) is 0 Å². The third kappa shape index (κ3) is 3.35. The molecule has 154 valence electrons. The van der Waals surface area contributed by atoms with Gasteiger partial charge in [-0.15, -0.1) is 0 Å². The Bertz CT molecular complexity index is 1470. The van der Waals surface area contributed by atoms with E-state index < -0.39 is 11.7 Å². The van der Waals surface area contributed by atoms with Gasteiger partial charge < -0.3 is 4.57 Å². The van der Waals surface area contributed by atoms with Crippen LogP contribution < -0.4 is 5.56 Å². The van der Waals surface area contributed by atoms with Crippen LogP contribution in [0, 0.1) is 0 Å². The van der Waals surface area contributed by atoms with Gasteiger partial charge >= 0.3 is 6.18 Å². The first kappa shape index (κ1) is 19.0. The molecule has 3 aromatic heterocycles. The molecule has 0 atom stereocenters. The van der Waals surface area contributed by atoms with Crippen LogP contribution in [0.5, 0.6) is 0 Å². The summed E-state index contributed by atoms with van der Waals surface area (Å²) in [6.45, 7) is 0.132. The second-order valence-electron chi connectivity index (χ2n) is 7.12. The summed E-state index contributed by atoms with van der Waals surface area (Å²) in [5.74, 6) is 0.359. The molecule has 0 saturated carbocycles. The molecule has 0 unspecified atom stereocenters. The molecule has 0 saturated heterocycles. The van der Waals surface area contributed by atoms with Crippen LogP contribution in [-0.4, -0.2) is 18.9 Å². The van der Waals surface area contributed by atoms with Crippen molar-refractivity contribution in [3.05, 3.63) is 101 Å². The number of hydrogen-bond donors (Lipinski definition) is 0. The van der Waals surface area contributed by atoms with Crippen LogP contribution >= 0.6 is 0 Å². The number of para-hydroxylation sites is 2. The van der Waals surface area contributed by atoms with E-state index in [-0.39, 0.29) is 12.1 Å². The van der Waals surface area contributed by atoms with Gasteiger partial charge in [0.1, 0.15) is 0 Å². The Morgan fingerprint density at radius 3 is 2.35 bits per heavy atom. The maximum atomic E-state index is 13.2.